The first kappa shape index (κ1) is 37.5. The molecule has 49 heavy (non-hydrogen) atoms. The van der Waals surface area contributed by atoms with Crippen LogP contribution in [0, 0.1) is 0 Å². The lowest BCUT2D eigenvalue weighted by Gasteiger charge is -2.21. The van der Waals surface area contributed by atoms with E-state index < -0.39 is 6.09 Å². The number of ether oxygens (including phenoxy) is 1. The number of alkyl carbamates (subject to hydrolysis) is 1. The first-order valence-electron chi connectivity index (χ1n) is 17.2. The first-order valence-corrected chi connectivity index (χ1v) is 18.0. The normalized spacial score (nSPS) is 13.3. The summed E-state index contributed by atoms with van der Waals surface area (Å²) in [4.78, 5) is 17.2. The van der Waals surface area contributed by atoms with Gasteiger partial charge in [0.1, 0.15) is 6.61 Å². The van der Waals surface area contributed by atoms with Crippen molar-refractivity contribution in [3.8, 4) is 0 Å². The lowest BCUT2D eigenvalue weighted by molar-refractivity contribution is 0.135. The number of rotatable bonds is 17. The Bertz CT molecular complexity index is 1510. The van der Waals surface area contributed by atoms with Gasteiger partial charge in [-0.1, -0.05) is 121 Å². The van der Waals surface area contributed by atoms with Crippen molar-refractivity contribution >= 4 is 17.4 Å². The number of nitrogens with two attached hydrogens (primary N) is 3. The van der Waals surface area contributed by atoms with E-state index in [0.29, 0.717) is 0 Å². The summed E-state index contributed by atoms with van der Waals surface area (Å²) in [7, 11) is 0. The number of carbonyl (C=O) groups excluding carboxylic acids is 1. The van der Waals surface area contributed by atoms with Crippen LogP contribution >= 0.6 is 11.3 Å². The number of carbonyl (C=O) groups is 1. The van der Waals surface area contributed by atoms with E-state index in [4.69, 9.17) is 21.9 Å². The van der Waals surface area contributed by atoms with Gasteiger partial charge in [0.15, 0.2) is 0 Å². The second kappa shape index (κ2) is 21.6. The van der Waals surface area contributed by atoms with E-state index in [-0.39, 0.29) is 30.8 Å². The Morgan fingerprint density at radius 2 is 0.980 bits per heavy atom. The summed E-state index contributed by atoms with van der Waals surface area (Å²) in [6, 6.07) is 41.6. The van der Waals surface area contributed by atoms with Gasteiger partial charge in [0.05, 0.1) is 10.4 Å². The van der Waals surface area contributed by atoms with Crippen molar-refractivity contribution in [2.75, 3.05) is 0 Å². The summed E-state index contributed by atoms with van der Waals surface area (Å²) in [6.45, 7) is 0.238. The number of benzene rings is 4. The molecule has 1 amide bonds. The molecular weight excluding hydrogens is 627 g/mol. The average Bonchev–Trinajstić information content (AvgIpc) is 3.65. The van der Waals surface area contributed by atoms with Gasteiger partial charge in [-0.25, -0.2) is 4.79 Å². The molecule has 7 N–H and O–H groups in total. The van der Waals surface area contributed by atoms with Crippen LogP contribution < -0.4 is 22.5 Å². The second-order valence-electron chi connectivity index (χ2n) is 12.6. The molecule has 0 aliphatic heterocycles. The van der Waals surface area contributed by atoms with E-state index in [9.17, 15) is 4.79 Å². The topological polar surface area (TPSA) is 129 Å². The number of nitrogens with zero attached hydrogens (tertiary/aromatic N) is 1. The number of nitrogens with one attached hydrogen (secondary N) is 1. The minimum atomic E-state index is -0.407. The molecule has 0 fully saturated rings. The minimum absolute atomic E-state index is 0.0341. The molecule has 4 atom stereocenters. The molecule has 0 radical (unpaired) electrons. The van der Waals surface area contributed by atoms with Gasteiger partial charge in [-0.2, -0.15) is 0 Å². The molecule has 0 spiro atoms. The van der Waals surface area contributed by atoms with Crippen LogP contribution in [0.25, 0.3) is 0 Å². The number of hydrogen-bond donors (Lipinski definition) is 4. The predicted octanol–water partition coefficient (Wildman–Crippen LogP) is 7.24. The zero-order chi connectivity index (χ0) is 34.5. The largest absolute Gasteiger partial charge is 0.444 e. The fourth-order valence-corrected chi connectivity index (χ4v) is 6.19. The second-order valence-corrected chi connectivity index (χ2v) is 13.5. The molecule has 258 valence electrons. The van der Waals surface area contributed by atoms with Crippen LogP contribution in [-0.2, 0) is 37.0 Å². The van der Waals surface area contributed by atoms with Crippen LogP contribution in [-0.4, -0.2) is 35.2 Å². The molecule has 5 rings (SSSR count). The van der Waals surface area contributed by atoms with Gasteiger partial charge in [0, 0.05) is 30.4 Å². The van der Waals surface area contributed by atoms with E-state index >= 15 is 0 Å². The Morgan fingerprint density at radius 1 is 0.592 bits per heavy atom. The maximum absolute atomic E-state index is 12.3. The summed E-state index contributed by atoms with van der Waals surface area (Å²) in [5.74, 6) is 0. The SMILES string of the molecule is N[C@H](CC[C@@H](N)Cc1ccccc1)Cc1ccccc1.N[C@H](CC[C@H](Cc1ccccc1)NC(=O)OCc1cncs1)Cc1ccccc1. The summed E-state index contributed by atoms with van der Waals surface area (Å²) in [6.07, 6.45) is 8.30. The zero-order valence-electron chi connectivity index (χ0n) is 28.3. The quantitative estimate of drug-likeness (QED) is 0.0822. The highest BCUT2D eigenvalue weighted by molar-refractivity contribution is 7.09. The molecule has 0 saturated carbocycles. The monoisotopic (exact) mass is 677 g/mol. The molecule has 0 aliphatic rings. The highest BCUT2D eigenvalue weighted by Crippen LogP contribution is 2.14. The van der Waals surface area contributed by atoms with E-state index in [0.717, 1.165) is 56.2 Å². The summed E-state index contributed by atoms with van der Waals surface area (Å²) in [5, 5.41) is 3.01. The summed E-state index contributed by atoms with van der Waals surface area (Å²) < 4.78 is 5.35. The maximum Gasteiger partial charge on any atom is 0.407 e. The van der Waals surface area contributed by atoms with Crippen LogP contribution in [0.15, 0.2) is 133 Å². The lowest BCUT2D eigenvalue weighted by atomic mass is 9.96. The highest BCUT2D eigenvalue weighted by atomic mass is 32.1. The van der Waals surface area contributed by atoms with Crippen LogP contribution in [0.1, 0.15) is 52.8 Å². The molecule has 1 aromatic heterocycles. The van der Waals surface area contributed by atoms with Crippen molar-refractivity contribution in [2.24, 2.45) is 17.2 Å². The van der Waals surface area contributed by atoms with Crippen molar-refractivity contribution < 1.29 is 9.53 Å². The average molecular weight is 678 g/mol. The number of amides is 1. The van der Waals surface area contributed by atoms with Gasteiger partial charge in [0.2, 0.25) is 0 Å². The molecule has 0 saturated heterocycles. The molecule has 4 aromatic carbocycles. The van der Waals surface area contributed by atoms with E-state index in [1.54, 1.807) is 11.7 Å². The van der Waals surface area contributed by atoms with Gasteiger partial charge in [-0.05, 0) is 73.6 Å². The van der Waals surface area contributed by atoms with Crippen molar-refractivity contribution in [2.45, 2.75) is 82.1 Å². The molecule has 0 aliphatic carbocycles. The fourth-order valence-electron chi connectivity index (χ4n) is 5.68. The molecule has 5 aromatic rings. The molecule has 0 bridgehead atoms. The Morgan fingerprint density at radius 3 is 1.37 bits per heavy atom. The third-order valence-electron chi connectivity index (χ3n) is 8.29. The standard InChI is InChI=1S/C23H27N3O2S.C18H24N2/c24-20(13-18-7-3-1-4-8-18)11-12-21(14-19-9-5-2-6-10-19)26-23(27)28-16-22-15-25-17-29-22;19-17(13-15-7-3-1-4-8-15)11-12-18(20)14-16-9-5-2-6-10-16/h1-10,15,17,20-21H,11-14,16,24H2,(H,26,27);1-10,17-18H,11-14,19-20H2/t20-,21-;17-,18-/m11/s1. The van der Waals surface area contributed by atoms with Gasteiger partial charge in [0.25, 0.3) is 0 Å². The molecule has 1 heterocycles. The molecule has 7 nitrogen and oxygen atoms in total. The molecular formula is C41H51N5O2S. The van der Waals surface area contributed by atoms with E-state index in [1.165, 1.54) is 33.6 Å². The van der Waals surface area contributed by atoms with Crippen LogP contribution in [0.3, 0.4) is 0 Å². The minimum Gasteiger partial charge on any atom is -0.444 e. The van der Waals surface area contributed by atoms with Crippen LogP contribution in [0.4, 0.5) is 4.79 Å². The smallest absolute Gasteiger partial charge is 0.407 e. The third-order valence-corrected chi connectivity index (χ3v) is 9.05. The van der Waals surface area contributed by atoms with Gasteiger partial charge >= 0.3 is 6.09 Å². The van der Waals surface area contributed by atoms with Crippen molar-refractivity contribution in [1.82, 2.24) is 10.3 Å². The third kappa shape index (κ3) is 15.6. The summed E-state index contributed by atoms with van der Waals surface area (Å²) >= 11 is 1.47. The maximum atomic E-state index is 12.3. The Balaban J connectivity index is 0.000000237. The number of thiazole rings is 1. The van der Waals surface area contributed by atoms with Gasteiger partial charge < -0.3 is 27.3 Å². The fraction of sp³-hybridized carbons (Fsp3) is 0.317. The van der Waals surface area contributed by atoms with E-state index in [1.807, 2.05) is 48.5 Å². The number of hydrogen-bond acceptors (Lipinski definition) is 7. The summed E-state index contributed by atoms with van der Waals surface area (Å²) in [5.41, 5.74) is 25.5. The Kier molecular flexibility index (Phi) is 16.5. The highest BCUT2D eigenvalue weighted by Gasteiger charge is 2.16. The first-order chi connectivity index (χ1) is 23.9. The van der Waals surface area contributed by atoms with Crippen LogP contribution in [0.2, 0.25) is 0 Å². The van der Waals surface area contributed by atoms with Gasteiger partial charge in [-0.3, -0.25) is 4.98 Å². The number of aromatic nitrogens is 1. The van der Waals surface area contributed by atoms with Crippen LogP contribution in [0.5, 0.6) is 0 Å². The predicted molar refractivity (Wildman–Crippen MR) is 202 cm³/mol. The lowest BCUT2D eigenvalue weighted by Crippen LogP contribution is -2.38. The van der Waals surface area contributed by atoms with Gasteiger partial charge in [-0.15, -0.1) is 11.3 Å². The Labute approximate surface area is 295 Å². The Hall–Kier alpha value is -4.34. The zero-order valence-corrected chi connectivity index (χ0v) is 29.1. The van der Waals surface area contributed by atoms with Crippen molar-refractivity contribution in [3.63, 3.8) is 0 Å². The van der Waals surface area contributed by atoms with E-state index in [2.05, 4.69) is 83.1 Å². The molecule has 8 heteroatoms. The molecule has 0 unspecified atom stereocenters. The van der Waals surface area contributed by atoms with Crippen molar-refractivity contribution in [1.29, 1.82) is 0 Å². The van der Waals surface area contributed by atoms with Crippen molar-refractivity contribution in [3.05, 3.63) is 160 Å².